The number of hydrogen-bond donors (Lipinski definition) is 0. The second-order valence-corrected chi connectivity index (χ2v) is 2.92. The Morgan fingerprint density at radius 2 is 2.46 bits per heavy atom. The minimum atomic E-state index is -0.403. The van der Waals surface area contributed by atoms with Crippen LogP contribution in [0.5, 0.6) is 0 Å². The second kappa shape index (κ2) is 4.81. The van der Waals surface area contributed by atoms with E-state index < -0.39 is 5.97 Å². The van der Waals surface area contributed by atoms with Crippen LogP contribution < -0.4 is 0 Å². The van der Waals surface area contributed by atoms with E-state index in [-0.39, 0.29) is 0 Å². The van der Waals surface area contributed by atoms with Gasteiger partial charge in [-0.25, -0.2) is 14.8 Å². The van der Waals surface area contributed by atoms with Crippen LogP contribution in [0.4, 0.5) is 0 Å². The molecule has 0 saturated heterocycles. The van der Waals surface area contributed by atoms with Crippen LogP contribution in [0.25, 0.3) is 0 Å². The average Bonchev–Trinajstić information content (AvgIpc) is 2.18. The molecule has 70 valence electrons. The van der Waals surface area contributed by atoms with Gasteiger partial charge in [-0.05, 0) is 19.2 Å². The van der Waals surface area contributed by atoms with E-state index in [4.69, 9.17) is 4.74 Å². The van der Waals surface area contributed by atoms with Gasteiger partial charge in [-0.1, -0.05) is 11.8 Å². The number of nitrogens with zero attached hydrogens (tertiary/aromatic N) is 2. The molecule has 13 heavy (non-hydrogen) atoms. The molecule has 1 heterocycles. The van der Waals surface area contributed by atoms with Crippen molar-refractivity contribution < 1.29 is 9.53 Å². The number of rotatable bonds is 3. The van der Waals surface area contributed by atoms with E-state index in [1.54, 1.807) is 13.1 Å². The molecule has 4 nitrogen and oxygen atoms in total. The first-order chi connectivity index (χ1) is 6.27. The highest BCUT2D eigenvalue weighted by molar-refractivity contribution is 7.98. The van der Waals surface area contributed by atoms with Gasteiger partial charge in [-0.15, -0.1) is 0 Å². The normalized spacial score (nSPS) is 9.69. The van der Waals surface area contributed by atoms with Gasteiger partial charge < -0.3 is 4.74 Å². The number of aromatic nitrogens is 2. The lowest BCUT2D eigenvalue weighted by molar-refractivity contribution is 0.0518. The van der Waals surface area contributed by atoms with Gasteiger partial charge in [0.25, 0.3) is 0 Å². The Hall–Kier alpha value is -1.10. The Labute approximate surface area is 80.7 Å². The third-order valence-electron chi connectivity index (χ3n) is 1.30. The summed E-state index contributed by atoms with van der Waals surface area (Å²) in [5, 5.41) is 0.575. The maximum Gasteiger partial charge on any atom is 0.357 e. The third-order valence-corrected chi connectivity index (χ3v) is 1.86. The summed E-state index contributed by atoms with van der Waals surface area (Å²) >= 11 is 1.39. The van der Waals surface area contributed by atoms with Crippen molar-refractivity contribution in [1.82, 2.24) is 9.97 Å². The van der Waals surface area contributed by atoms with E-state index in [0.717, 1.165) is 0 Å². The summed E-state index contributed by atoms with van der Waals surface area (Å²) in [6.07, 6.45) is 3.40. The minimum Gasteiger partial charge on any atom is -0.461 e. The van der Waals surface area contributed by atoms with Crippen molar-refractivity contribution in [2.75, 3.05) is 12.9 Å². The Balaban J connectivity index is 2.82. The highest BCUT2D eigenvalue weighted by Crippen LogP contribution is 2.08. The molecule has 0 atom stereocenters. The molecule has 0 saturated carbocycles. The van der Waals surface area contributed by atoms with Crippen LogP contribution in [-0.4, -0.2) is 28.8 Å². The van der Waals surface area contributed by atoms with Crippen molar-refractivity contribution in [1.29, 1.82) is 0 Å². The standard InChI is InChI=1S/C8H10N2O2S/c1-3-12-7(11)6-4-5-9-8(10-6)13-2/h4-5H,3H2,1-2H3. The lowest BCUT2D eigenvalue weighted by Crippen LogP contribution is -2.07. The van der Waals surface area contributed by atoms with E-state index in [1.807, 2.05) is 6.26 Å². The van der Waals surface area contributed by atoms with Crippen molar-refractivity contribution in [2.45, 2.75) is 12.1 Å². The molecule has 0 aliphatic rings. The van der Waals surface area contributed by atoms with E-state index in [2.05, 4.69) is 9.97 Å². The summed E-state index contributed by atoms with van der Waals surface area (Å²) in [5.41, 5.74) is 0.307. The van der Waals surface area contributed by atoms with Gasteiger partial charge in [0.05, 0.1) is 6.61 Å². The Kier molecular flexibility index (Phi) is 3.70. The third kappa shape index (κ3) is 2.69. The predicted octanol–water partition coefficient (Wildman–Crippen LogP) is 1.38. The maximum atomic E-state index is 11.2. The molecule has 0 N–H and O–H groups in total. The summed E-state index contributed by atoms with van der Waals surface area (Å²) in [5.74, 6) is -0.403. The second-order valence-electron chi connectivity index (χ2n) is 2.15. The number of esters is 1. The van der Waals surface area contributed by atoms with E-state index >= 15 is 0 Å². The molecule has 0 unspecified atom stereocenters. The van der Waals surface area contributed by atoms with E-state index in [0.29, 0.717) is 17.5 Å². The molecule has 0 aliphatic carbocycles. The van der Waals surface area contributed by atoms with Crippen LogP contribution in [0.2, 0.25) is 0 Å². The molecule has 0 bridgehead atoms. The zero-order valence-corrected chi connectivity index (χ0v) is 8.30. The van der Waals surface area contributed by atoms with Gasteiger partial charge in [0, 0.05) is 6.20 Å². The van der Waals surface area contributed by atoms with Gasteiger partial charge in [0.2, 0.25) is 0 Å². The maximum absolute atomic E-state index is 11.2. The molecule has 1 aromatic heterocycles. The molecule has 0 amide bonds. The first kappa shape index (κ1) is 9.98. The van der Waals surface area contributed by atoms with Crippen LogP contribution in [0.3, 0.4) is 0 Å². The van der Waals surface area contributed by atoms with Crippen molar-refractivity contribution in [3.8, 4) is 0 Å². The van der Waals surface area contributed by atoms with Crippen molar-refractivity contribution in [2.24, 2.45) is 0 Å². The molecule has 0 aliphatic heterocycles. The fourth-order valence-electron chi connectivity index (χ4n) is 0.758. The van der Waals surface area contributed by atoms with E-state index in [1.165, 1.54) is 17.8 Å². The Bertz CT molecular complexity index is 304. The van der Waals surface area contributed by atoms with Crippen LogP contribution >= 0.6 is 11.8 Å². The molecular formula is C8H10N2O2S. The zero-order valence-electron chi connectivity index (χ0n) is 7.48. The molecule has 0 fully saturated rings. The van der Waals surface area contributed by atoms with Crippen molar-refractivity contribution in [3.63, 3.8) is 0 Å². The first-order valence-electron chi connectivity index (χ1n) is 3.82. The van der Waals surface area contributed by atoms with Gasteiger partial charge in [0.15, 0.2) is 10.9 Å². The van der Waals surface area contributed by atoms with Crippen LogP contribution in [-0.2, 0) is 4.74 Å². The van der Waals surface area contributed by atoms with Crippen LogP contribution in [0.1, 0.15) is 17.4 Å². The fourth-order valence-corrected chi connectivity index (χ4v) is 1.11. The molecule has 5 heteroatoms. The Morgan fingerprint density at radius 3 is 3.08 bits per heavy atom. The lowest BCUT2D eigenvalue weighted by atomic mass is 10.4. The van der Waals surface area contributed by atoms with Gasteiger partial charge in [0.1, 0.15) is 0 Å². The van der Waals surface area contributed by atoms with Gasteiger partial charge in [-0.3, -0.25) is 0 Å². The van der Waals surface area contributed by atoms with Gasteiger partial charge >= 0.3 is 5.97 Å². The highest BCUT2D eigenvalue weighted by atomic mass is 32.2. The monoisotopic (exact) mass is 198 g/mol. The molecule has 0 radical (unpaired) electrons. The van der Waals surface area contributed by atoms with E-state index in [9.17, 15) is 4.79 Å². The summed E-state index contributed by atoms with van der Waals surface area (Å²) < 4.78 is 4.79. The number of ether oxygens (including phenoxy) is 1. The summed E-state index contributed by atoms with van der Waals surface area (Å²) in [6.45, 7) is 2.12. The summed E-state index contributed by atoms with van der Waals surface area (Å²) in [6, 6.07) is 1.54. The molecular weight excluding hydrogens is 188 g/mol. The topological polar surface area (TPSA) is 52.1 Å². The molecule has 0 spiro atoms. The van der Waals surface area contributed by atoms with Crippen molar-refractivity contribution in [3.05, 3.63) is 18.0 Å². The molecule has 1 rings (SSSR count). The SMILES string of the molecule is CCOC(=O)c1ccnc(SC)n1. The zero-order chi connectivity index (χ0) is 9.68. The summed E-state index contributed by atoms with van der Waals surface area (Å²) in [7, 11) is 0. The smallest absolute Gasteiger partial charge is 0.357 e. The average molecular weight is 198 g/mol. The molecule has 1 aromatic rings. The number of thioether (sulfide) groups is 1. The first-order valence-corrected chi connectivity index (χ1v) is 5.04. The number of carbonyl (C=O) groups is 1. The highest BCUT2D eigenvalue weighted by Gasteiger charge is 2.08. The van der Waals surface area contributed by atoms with Crippen molar-refractivity contribution >= 4 is 17.7 Å². The number of hydrogen-bond acceptors (Lipinski definition) is 5. The lowest BCUT2D eigenvalue weighted by Gasteiger charge is -2.00. The summed E-state index contributed by atoms with van der Waals surface area (Å²) in [4.78, 5) is 19.1. The van der Waals surface area contributed by atoms with Gasteiger partial charge in [-0.2, -0.15) is 0 Å². The van der Waals surface area contributed by atoms with Crippen LogP contribution in [0, 0.1) is 0 Å². The quantitative estimate of drug-likeness (QED) is 0.417. The largest absolute Gasteiger partial charge is 0.461 e. The van der Waals surface area contributed by atoms with Crippen LogP contribution in [0.15, 0.2) is 17.4 Å². The minimum absolute atomic E-state index is 0.307. The number of carbonyl (C=O) groups excluding carboxylic acids is 1. The Morgan fingerprint density at radius 1 is 1.69 bits per heavy atom. The molecule has 0 aromatic carbocycles. The fraction of sp³-hybridized carbons (Fsp3) is 0.375. The predicted molar refractivity (Wildman–Crippen MR) is 49.8 cm³/mol.